The minimum atomic E-state index is -0.344. The summed E-state index contributed by atoms with van der Waals surface area (Å²) in [5.41, 5.74) is 0.520. The first kappa shape index (κ1) is 9.74. The molecule has 0 aliphatic heterocycles. The summed E-state index contributed by atoms with van der Waals surface area (Å²) in [4.78, 5) is 11.1. The SMILES string of the molecule is COC(=O)c1cc(Br)ccc1Br. The van der Waals surface area contributed by atoms with Crippen molar-refractivity contribution in [2.24, 2.45) is 0 Å². The molecule has 0 unspecified atom stereocenters. The largest absolute Gasteiger partial charge is 0.465 e. The van der Waals surface area contributed by atoms with Gasteiger partial charge >= 0.3 is 5.97 Å². The van der Waals surface area contributed by atoms with Gasteiger partial charge in [0.15, 0.2) is 0 Å². The van der Waals surface area contributed by atoms with E-state index in [0.717, 1.165) is 8.95 Å². The highest BCUT2D eigenvalue weighted by Crippen LogP contribution is 2.21. The molecule has 12 heavy (non-hydrogen) atoms. The Labute approximate surface area is 87.2 Å². The smallest absolute Gasteiger partial charge is 0.339 e. The summed E-state index contributed by atoms with van der Waals surface area (Å²) >= 11 is 6.52. The van der Waals surface area contributed by atoms with Gasteiger partial charge < -0.3 is 4.74 Å². The average molecular weight is 294 g/mol. The molecule has 0 N–H and O–H groups in total. The second kappa shape index (κ2) is 4.05. The van der Waals surface area contributed by atoms with Gasteiger partial charge in [-0.1, -0.05) is 15.9 Å². The molecule has 1 rings (SSSR count). The van der Waals surface area contributed by atoms with E-state index < -0.39 is 0 Å². The standard InChI is InChI=1S/C8H6Br2O2/c1-12-8(11)6-4-5(9)2-3-7(6)10/h2-4H,1H3. The van der Waals surface area contributed by atoms with Crippen molar-refractivity contribution in [3.8, 4) is 0 Å². The Balaban J connectivity index is 3.13. The maximum atomic E-state index is 11.1. The van der Waals surface area contributed by atoms with E-state index in [0.29, 0.717) is 5.56 Å². The number of hydrogen-bond acceptors (Lipinski definition) is 2. The lowest BCUT2D eigenvalue weighted by atomic mass is 10.2. The van der Waals surface area contributed by atoms with Crippen LogP contribution >= 0.6 is 31.9 Å². The van der Waals surface area contributed by atoms with Gasteiger partial charge in [-0.2, -0.15) is 0 Å². The first-order valence-corrected chi connectivity index (χ1v) is 4.77. The molecule has 4 heteroatoms. The number of carbonyl (C=O) groups is 1. The fourth-order valence-electron chi connectivity index (χ4n) is 0.764. The number of rotatable bonds is 1. The minimum absolute atomic E-state index is 0.344. The Morgan fingerprint density at radius 3 is 2.67 bits per heavy atom. The van der Waals surface area contributed by atoms with E-state index in [2.05, 4.69) is 36.6 Å². The topological polar surface area (TPSA) is 26.3 Å². The number of ether oxygens (including phenoxy) is 1. The molecule has 2 nitrogen and oxygen atoms in total. The van der Waals surface area contributed by atoms with Crippen LogP contribution < -0.4 is 0 Å². The van der Waals surface area contributed by atoms with Crippen LogP contribution in [0.2, 0.25) is 0 Å². The van der Waals surface area contributed by atoms with Crippen molar-refractivity contribution in [2.75, 3.05) is 7.11 Å². The molecule has 1 aromatic rings. The zero-order chi connectivity index (χ0) is 9.14. The van der Waals surface area contributed by atoms with E-state index in [4.69, 9.17) is 0 Å². The Morgan fingerprint density at radius 2 is 2.08 bits per heavy atom. The summed E-state index contributed by atoms with van der Waals surface area (Å²) in [6.45, 7) is 0. The fourth-order valence-corrected chi connectivity index (χ4v) is 1.53. The van der Waals surface area contributed by atoms with Gasteiger partial charge in [0.1, 0.15) is 0 Å². The highest BCUT2D eigenvalue weighted by Gasteiger charge is 2.09. The van der Waals surface area contributed by atoms with Gasteiger partial charge in [0.05, 0.1) is 12.7 Å². The highest BCUT2D eigenvalue weighted by atomic mass is 79.9. The average Bonchev–Trinajstić information content (AvgIpc) is 2.08. The van der Waals surface area contributed by atoms with Crippen molar-refractivity contribution < 1.29 is 9.53 Å². The summed E-state index contributed by atoms with van der Waals surface area (Å²) < 4.78 is 6.17. The number of carbonyl (C=O) groups excluding carboxylic acids is 1. The molecule has 0 heterocycles. The Bertz CT molecular complexity index is 310. The molecule has 0 saturated heterocycles. The van der Waals surface area contributed by atoms with Gasteiger partial charge in [-0.05, 0) is 34.1 Å². The van der Waals surface area contributed by atoms with Crippen molar-refractivity contribution in [1.29, 1.82) is 0 Å². The van der Waals surface area contributed by atoms with Crippen LogP contribution in [0.3, 0.4) is 0 Å². The Kier molecular flexibility index (Phi) is 3.29. The van der Waals surface area contributed by atoms with E-state index in [1.165, 1.54) is 7.11 Å². The summed E-state index contributed by atoms with van der Waals surface area (Å²) in [5.74, 6) is -0.344. The molecule has 0 aromatic heterocycles. The van der Waals surface area contributed by atoms with E-state index >= 15 is 0 Å². The van der Waals surface area contributed by atoms with E-state index in [1.807, 2.05) is 6.07 Å². The van der Waals surface area contributed by atoms with Gasteiger partial charge in [-0.15, -0.1) is 0 Å². The molecule has 0 aliphatic rings. The van der Waals surface area contributed by atoms with E-state index in [1.54, 1.807) is 12.1 Å². The maximum Gasteiger partial charge on any atom is 0.339 e. The molecule has 0 atom stereocenters. The van der Waals surface area contributed by atoms with Crippen LogP contribution in [0.15, 0.2) is 27.1 Å². The molecule has 0 radical (unpaired) electrons. The second-order valence-electron chi connectivity index (χ2n) is 2.12. The van der Waals surface area contributed by atoms with Crippen molar-refractivity contribution in [2.45, 2.75) is 0 Å². The summed E-state index contributed by atoms with van der Waals surface area (Å²) in [6.07, 6.45) is 0. The third-order valence-electron chi connectivity index (χ3n) is 1.33. The van der Waals surface area contributed by atoms with Gasteiger partial charge in [-0.3, -0.25) is 0 Å². The number of methoxy groups -OCH3 is 1. The van der Waals surface area contributed by atoms with Gasteiger partial charge in [0.2, 0.25) is 0 Å². The quantitative estimate of drug-likeness (QED) is 0.744. The molecule has 0 amide bonds. The Hall–Kier alpha value is -0.350. The molecule has 0 spiro atoms. The lowest BCUT2D eigenvalue weighted by Crippen LogP contribution is -2.01. The van der Waals surface area contributed by atoms with E-state index in [9.17, 15) is 4.79 Å². The molecule has 0 saturated carbocycles. The monoisotopic (exact) mass is 292 g/mol. The fraction of sp³-hybridized carbons (Fsp3) is 0.125. The predicted octanol–water partition coefficient (Wildman–Crippen LogP) is 3.00. The lowest BCUT2D eigenvalue weighted by Gasteiger charge is -2.01. The number of benzene rings is 1. The van der Waals surface area contributed by atoms with Crippen molar-refractivity contribution in [1.82, 2.24) is 0 Å². The number of hydrogen-bond donors (Lipinski definition) is 0. The lowest BCUT2D eigenvalue weighted by molar-refractivity contribution is 0.0599. The molecular weight excluding hydrogens is 288 g/mol. The number of halogens is 2. The Morgan fingerprint density at radius 1 is 1.42 bits per heavy atom. The summed E-state index contributed by atoms with van der Waals surface area (Å²) in [7, 11) is 1.36. The summed E-state index contributed by atoms with van der Waals surface area (Å²) in [5, 5.41) is 0. The second-order valence-corrected chi connectivity index (χ2v) is 3.89. The van der Waals surface area contributed by atoms with Crippen molar-refractivity contribution >= 4 is 37.8 Å². The molecule has 0 aliphatic carbocycles. The third kappa shape index (κ3) is 2.08. The van der Waals surface area contributed by atoms with Gasteiger partial charge in [0.25, 0.3) is 0 Å². The molecule has 1 aromatic carbocycles. The molecule has 0 fully saturated rings. The van der Waals surface area contributed by atoms with Crippen molar-refractivity contribution in [3.05, 3.63) is 32.7 Å². The van der Waals surface area contributed by atoms with Crippen LogP contribution in [0.1, 0.15) is 10.4 Å². The van der Waals surface area contributed by atoms with Gasteiger partial charge in [-0.25, -0.2) is 4.79 Å². The molecule has 64 valence electrons. The highest BCUT2D eigenvalue weighted by molar-refractivity contribution is 9.11. The third-order valence-corrected chi connectivity index (χ3v) is 2.52. The van der Waals surface area contributed by atoms with Crippen LogP contribution in [-0.2, 0) is 4.74 Å². The zero-order valence-corrected chi connectivity index (χ0v) is 9.48. The normalized spacial score (nSPS) is 9.58. The van der Waals surface area contributed by atoms with E-state index in [-0.39, 0.29) is 5.97 Å². The van der Waals surface area contributed by atoms with Crippen LogP contribution in [0.25, 0.3) is 0 Å². The molecular formula is C8H6Br2O2. The van der Waals surface area contributed by atoms with Crippen LogP contribution in [0.5, 0.6) is 0 Å². The van der Waals surface area contributed by atoms with Crippen LogP contribution in [0, 0.1) is 0 Å². The first-order chi connectivity index (χ1) is 5.65. The van der Waals surface area contributed by atoms with Gasteiger partial charge in [0, 0.05) is 8.95 Å². The summed E-state index contributed by atoms with van der Waals surface area (Å²) in [6, 6.07) is 5.34. The maximum absolute atomic E-state index is 11.1. The number of esters is 1. The van der Waals surface area contributed by atoms with Crippen molar-refractivity contribution in [3.63, 3.8) is 0 Å². The zero-order valence-electron chi connectivity index (χ0n) is 6.30. The first-order valence-electron chi connectivity index (χ1n) is 3.18. The predicted molar refractivity (Wildman–Crippen MR) is 53.2 cm³/mol. The minimum Gasteiger partial charge on any atom is -0.465 e. The van der Waals surface area contributed by atoms with Crippen LogP contribution in [0.4, 0.5) is 0 Å². The molecule has 0 bridgehead atoms. The van der Waals surface area contributed by atoms with Crippen LogP contribution in [-0.4, -0.2) is 13.1 Å².